The van der Waals surface area contributed by atoms with E-state index in [0.717, 1.165) is 18.2 Å². The molecule has 18 heteroatoms. The summed E-state index contributed by atoms with van der Waals surface area (Å²) in [5.74, 6) is -2.40. The lowest BCUT2D eigenvalue weighted by Crippen LogP contribution is -2.21. The first kappa shape index (κ1) is 31.4. The minimum Gasteiger partial charge on any atom is -0.482 e. The fourth-order valence-electron chi connectivity index (χ4n) is 2.49. The molecule has 0 atom stereocenters. The van der Waals surface area contributed by atoms with Gasteiger partial charge in [-0.15, -0.1) is 0 Å². The van der Waals surface area contributed by atoms with Crippen molar-refractivity contribution in [3.05, 3.63) is 59.9 Å². The lowest BCUT2D eigenvalue weighted by Gasteiger charge is -2.16. The van der Waals surface area contributed by atoms with Crippen molar-refractivity contribution < 1.29 is 49.4 Å². The molecule has 0 fully saturated rings. The van der Waals surface area contributed by atoms with E-state index < -0.39 is 35.0 Å². The topological polar surface area (TPSA) is 143 Å². The second kappa shape index (κ2) is 12.8. The van der Waals surface area contributed by atoms with Crippen molar-refractivity contribution in [3.8, 4) is 5.75 Å². The van der Waals surface area contributed by atoms with E-state index in [1.807, 2.05) is 0 Å². The highest BCUT2D eigenvalue weighted by atomic mass is 35.5. The first-order valence-electron chi connectivity index (χ1n) is 10.2. The van der Waals surface area contributed by atoms with Crippen molar-refractivity contribution in [2.45, 2.75) is 17.2 Å². The minimum atomic E-state index is -5.08. The van der Waals surface area contributed by atoms with Gasteiger partial charge in [0.25, 0.3) is 0 Å². The van der Waals surface area contributed by atoms with E-state index in [1.54, 1.807) is 24.3 Å². The highest BCUT2D eigenvalue weighted by molar-refractivity contribution is 7.89. The van der Waals surface area contributed by atoms with Gasteiger partial charge in [0.05, 0.1) is 10.6 Å². The first-order chi connectivity index (χ1) is 18.0. The molecule has 0 radical (unpaired) electrons. The van der Waals surface area contributed by atoms with Crippen LogP contribution in [0.1, 0.15) is 0 Å². The molecule has 0 aliphatic carbocycles. The maximum atomic E-state index is 12.6. The maximum Gasteiger partial charge on any atom is 0.490 e. The van der Waals surface area contributed by atoms with Crippen LogP contribution in [-0.4, -0.2) is 55.5 Å². The Morgan fingerprint density at radius 1 is 0.974 bits per heavy atom. The van der Waals surface area contributed by atoms with Crippen molar-refractivity contribution in [3.63, 3.8) is 0 Å². The number of alkyl halides is 6. The largest absolute Gasteiger partial charge is 0.490 e. The van der Waals surface area contributed by atoms with Crippen LogP contribution in [0.15, 0.2) is 59.8 Å². The normalized spacial score (nSPS) is 11.7. The molecule has 39 heavy (non-hydrogen) atoms. The number of sulfonamides is 1. The number of nitrogens with zero attached hydrogens (tertiary/aromatic N) is 2. The molecule has 1 aromatic heterocycles. The monoisotopic (exact) mass is 601 g/mol. The number of rotatable bonds is 8. The number of aromatic nitrogens is 2. The number of hydrogen-bond acceptors (Lipinski definition) is 8. The van der Waals surface area contributed by atoms with Gasteiger partial charge >= 0.3 is 18.3 Å². The number of carbonyl (C=O) groups is 1. The molecular weight excluding hydrogens is 584 g/mol. The van der Waals surface area contributed by atoms with Gasteiger partial charge in [0.15, 0.2) is 6.61 Å². The number of anilines is 4. The van der Waals surface area contributed by atoms with E-state index in [9.17, 15) is 34.8 Å². The molecule has 0 aliphatic heterocycles. The summed E-state index contributed by atoms with van der Waals surface area (Å²) in [5, 5.41) is 13.5. The zero-order valence-electron chi connectivity index (χ0n) is 19.4. The van der Waals surface area contributed by atoms with Crippen LogP contribution >= 0.6 is 11.6 Å². The minimum absolute atomic E-state index is 0.0262. The number of aliphatic carboxylic acids is 1. The van der Waals surface area contributed by atoms with Crippen LogP contribution < -0.4 is 20.1 Å². The smallest absolute Gasteiger partial charge is 0.482 e. The third-order valence-electron chi connectivity index (χ3n) is 4.21. The standard InChI is InChI=1S/C19H17ClF3N5O3S.C2HF3O2/c1-24-32(29,30)14-6-7-16(31-10-19(21,22)23)15(8-14)28-18-9-17(25-11-26-18)27-13-4-2-12(20)3-5-13;3-2(4,5)1(6)7/h2-9,11,24H,10H2,1H3,(H2,25,26,27,28);(H,6,7). The zero-order valence-corrected chi connectivity index (χ0v) is 21.0. The number of hydrogen-bond donors (Lipinski definition) is 4. The van der Waals surface area contributed by atoms with Crippen molar-refractivity contribution in [2.75, 3.05) is 24.3 Å². The van der Waals surface area contributed by atoms with Crippen LogP contribution in [0.3, 0.4) is 0 Å². The van der Waals surface area contributed by atoms with Crippen molar-refractivity contribution in [2.24, 2.45) is 0 Å². The fourth-order valence-corrected chi connectivity index (χ4v) is 3.37. The molecule has 212 valence electrons. The SMILES string of the molecule is CNS(=O)(=O)c1ccc(OCC(F)(F)F)c(Nc2cc(Nc3ccc(Cl)cc3)ncn2)c1.O=C(O)C(F)(F)F. The molecule has 2 aromatic carbocycles. The van der Waals surface area contributed by atoms with Crippen molar-refractivity contribution in [1.29, 1.82) is 0 Å². The highest BCUT2D eigenvalue weighted by Gasteiger charge is 2.38. The Morgan fingerprint density at radius 2 is 1.54 bits per heavy atom. The molecule has 0 saturated heterocycles. The zero-order chi connectivity index (χ0) is 29.4. The van der Waals surface area contributed by atoms with Crippen LogP contribution in [0.2, 0.25) is 5.02 Å². The van der Waals surface area contributed by atoms with Crippen molar-refractivity contribution in [1.82, 2.24) is 14.7 Å². The summed E-state index contributed by atoms with van der Waals surface area (Å²) in [6.07, 6.45) is -8.43. The third kappa shape index (κ3) is 10.5. The fraction of sp³-hybridized carbons (Fsp3) is 0.190. The average molecular weight is 602 g/mol. The van der Waals surface area contributed by atoms with Crippen LogP contribution in [0, 0.1) is 0 Å². The molecule has 0 aliphatic rings. The number of nitrogens with one attached hydrogen (secondary N) is 3. The summed E-state index contributed by atoms with van der Waals surface area (Å²) in [6, 6.07) is 11.7. The van der Waals surface area contributed by atoms with E-state index in [-0.39, 0.29) is 22.2 Å². The molecule has 3 rings (SSSR count). The van der Waals surface area contributed by atoms with Gasteiger partial charge in [-0.05, 0) is 49.5 Å². The Hall–Kier alpha value is -3.83. The van der Waals surface area contributed by atoms with Gasteiger partial charge in [0.2, 0.25) is 10.0 Å². The van der Waals surface area contributed by atoms with Gasteiger partial charge in [0.1, 0.15) is 23.7 Å². The van der Waals surface area contributed by atoms with Crippen LogP contribution in [0.5, 0.6) is 5.75 Å². The summed E-state index contributed by atoms with van der Waals surface area (Å²) in [5.41, 5.74) is 0.664. The third-order valence-corrected chi connectivity index (χ3v) is 5.87. The molecule has 0 amide bonds. The Balaban J connectivity index is 0.000000673. The molecule has 0 spiro atoms. The summed E-state index contributed by atoms with van der Waals surface area (Å²) >= 11 is 5.86. The predicted octanol–water partition coefficient (Wildman–Crippen LogP) is 5.10. The molecule has 0 unspecified atom stereocenters. The summed E-state index contributed by atoms with van der Waals surface area (Å²) in [6.45, 7) is -1.55. The van der Waals surface area contributed by atoms with Gasteiger partial charge in [-0.3, -0.25) is 0 Å². The Labute approximate surface area is 222 Å². The predicted molar refractivity (Wildman–Crippen MR) is 128 cm³/mol. The van der Waals surface area contributed by atoms with E-state index in [2.05, 4.69) is 25.3 Å². The van der Waals surface area contributed by atoms with Crippen molar-refractivity contribution >= 4 is 50.6 Å². The Morgan fingerprint density at radius 3 is 2.05 bits per heavy atom. The molecule has 4 N–H and O–H groups in total. The van der Waals surface area contributed by atoms with E-state index in [4.69, 9.17) is 26.2 Å². The van der Waals surface area contributed by atoms with Gasteiger partial charge in [0, 0.05) is 16.8 Å². The molecule has 0 saturated carbocycles. The number of benzene rings is 2. The molecular formula is C21H18ClF6N5O5S. The Kier molecular flexibility index (Phi) is 10.3. The summed E-state index contributed by atoms with van der Waals surface area (Å²) < 4.78 is 101. The van der Waals surface area contributed by atoms with E-state index in [0.29, 0.717) is 16.5 Å². The number of carboxylic acids is 1. The maximum absolute atomic E-state index is 12.6. The quantitative estimate of drug-likeness (QED) is 0.259. The highest BCUT2D eigenvalue weighted by Crippen LogP contribution is 2.32. The summed E-state index contributed by atoms with van der Waals surface area (Å²) in [7, 11) is -2.63. The van der Waals surface area contributed by atoms with Gasteiger partial charge < -0.3 is 20.5 Å². The second-order valence-corrected chi connectivity index (χ2v) is 9.44. The second-order valence-electron chi connectivity index (χ2n) is 7.12. The number of carboxylic acid groups (broad SMARTS) is 1. The first-order valence-corrected chi connectivity index (χ1v) is 12.1. The molecule has 0 bridgehead atoms. The average Bonchev–Trinajstić information content (AvgIpc) is 2.84. The van der Waals surface area contributed by atoms with Crippen LogP contribution in [0.4, 0.5) is 49.4 Å². The number of halogens is 7. The van der Waals surface area contributed by atoms with Gasteiger partial charge in [-0.25, -0.2) is 27.9 Å². The molecule has 10 nitrogen and oxygen atoms in total. The summed E-state index contributed by atoms with van der Waals surface area (Å²) in [4.78, 5) is 16.8. The lowest BCUT2D eigenvalue weighted by molar-refractivity contribution is -0.192. The van der Waals surface area contributed by atoms with Crippen LogP contribution in [0.25, 0.3) is 0 Å². The van der Waals surface area contributed by atoms with Gasteiger partial charge in [-0.1, -0.05) is 11.6 Å². The van der Waals surface area contributed by atoms with E-state index >= 15 is 0 Å². The molecule has 3 aromatic rings. The van der Waals surface area contributed by atoms with E-state index in [1.165, 1.54) is 19.4 Å². The van der Waals surface area contributed by atoms with Crippen LogP contribution in [-0.2, 0) is 14.8 Å². The number of ether oxygens (including phenoxy) is 1. The van der Waals surface area contributed by atoms with Gasteiger partial charge in [-0.2, -0.15) is 26.3 Å². The molecule has 1 heterocycles. The Bertz CT molecular complexity index is 1390. The lowest BCUT2D eigenvalue weighted by atomic mass is 10.3.